The number of carbonyl (C=O) groups excluding carboxylic acids is 2. The van der Waals surface area contributed by atoms with Gasteiger partial charge in [-0.05, 0) is 24.3 Å². The average molecular weight is 393 g/mol. The van der Waals surface area contributed by atoms with Crippen LogP contribution < -0.4 is 19.7 Å². The summed E-state index contributed by atoms with van der Waals surface area (Å²) in [7, 11) is 3.08. The first-order valence-electron chi connectivity index (χ1n) is 9.17. The molecule has 0 fully saturated rings. The van der Waals surface area contributed by atoms with Gasteiger partial charge in [0.2, 0.25) is 11.8 Å². The van der Waals surface area contributed by atoms with Gasteiger partial charge in [-0.1, -0.05) is 18.2 Å². The minimum absolute atomic E-state index is 0.136. The molecule has 0 saturated heterocycles. The van der Waals surface area contributed by atoms with Crippen LogP contribution >= 0.6 is 0 Å². The number of anilines is 2. The maximum Gasteiger partial charge on any atom is 0.226 e. The highest BCUT2D eigenvalue weighted by Crippen LogP contribution is 2.30. The third-order valence-corrected chi connectivity index (χ3v) is 4.51. The molecule has 0 saturated carbocycles. The Morgan fingerprint density at radius 2 is 1.79 bits per heavy atom. The molecule has 0 bridgehead atoms. The van der Waals surface area contributed by atoms with Crippen molar-refractivity contribution in [2.24, 2.45) is 0 Å². The topological polar surface area (TPSA) is 80.8 Å². The lowest BCUT2D eigenvalue weighted by atomic mass is 10.1. The van der Waals surface area contributed by atoms with Crippen molar-refractivity contribution < 1.29 is 19.1 Å². The summed E-state index contributed by atoms with van der Waals surface area (Å²) < 4.78 is 10.4. The summed E-state index contributed by atoms with van der Waals surface area (Å²) in [4.78, 5) is 30.7. The fraction of sp³-hybridized carbons (Fsp3) is 0.227. The van der Waals surface area contributed by atoms with Crippen molar-refractivity contribution in [1.29, 1.82) is 0 Å². The summed E-state index contributed by atoms with van der Waals surface area (Å²) >= 11 is 0. The number of fused-ring (bicyclic) bond motifs is 1. The van der Waals surface area contributed by atoms with Crippen LogP contribution in [0.25, 0.3) is 10.9 Å². The number of nitrogens with zero attached hydrogens (tertiary/aromatic N) is 2. The van der Waals surface area contributed by atoms with Crippen molar-refractivity contribution in [3.63, 3.8) is 0 Å². The standard InChI is InChI=1S/C22H23N3O4/c1-15(26)25(18-8-4-6-16-7-5-12-23-22(16)18)13-11-21(27)24-17-9-10-19(28-2)20(14-17)29-3/h4-10,12,14H,11,13H2,1-3H3,(H,24,27). The highest BCUT2D eigenvalue weighted by molar-refractivity contribution is 6.02. The Kier molecular flexibility index (Phi) is 6.29. The molecule has 2 amide bonds. The fourth-order valence-electron chi connectivity index (χ4n) is 3.10. The molecule has 7 heteroatoms. The van der Waals surface area contributed by atoms with Gasteiger partial charge in [0.25, 0.3) is 0 Å². The molecule has 3 rings (SSSR count). The van der Waals surface area contributed by atoms with Crippen molar-refractivity contribution in [3.05, 3.63) is 54.7 Å². The van der Waals surface area contributed by atoms with Crippen LogP contribution in [-0.4, -0.2) is 37.6 Å². The Hall–Kier alpha value is -3.61. The Labute approximate surface area is 169 Å². The maximum atomic E-state index is 12.5. The number of pyridine rings is 1. The fourth-order valence-corrected chi connectivity index (χ4v) is 3.10. The van der Waals surface area contributed by atoms with E-state index in [2.05, 4.69) is 10.3 Å². The third kappa shape index (κ3) is 4.63. The van der Waals surface area contributed by atoms with E-state index in [-0.39, 0.29) is 24.8 Å². The Bertz CT molecular complexity index is 1030. The monoisotopic (exact) mass is 393 g/mol. The molecule has 1 N–H and O–H groups in total. The number of nitrogens with one attached hydrogen (secondary N) is 1. The molecule has 7 nitrogen and oxygen atoms in total. The normalized spacial score (nSPS) is 10.4. The van der Waals surface area contributed by atoms with E-state index >= 15 is 0 Å². The number of aromatic nitrogens is 1. The van der Waals surface area contributed by atoms with Gasteiger partial charge in [0.1, 0.15) is 0 Å². The molecule has 0 spiro atoms. The summed E-state index contributed by atoms with van der Waals surface area (Å²) in [6.07, 6.45) is 1.82. The van der Waals surface area contributed by atoms with Crippen LogP contribution in [-0.2, 0) is 9.59 Å². The average Bonchev–Trinajstić information content (AvgIpc) is 2.73. The Morgan fingerprint density at radius 1 is 1.03 bits per heavy atom. The lowest BCUT2D eigenvalue weighted by molar-refractivity contribution is -0.117. The Balaban J connectivity index is 1.72. The lowest BCUT2D eigenvalue weighted by Gasteiger charge is -2.22. The molecule has 0 aliphatic carbocycles. The molecule has 0 aliphatic rings. The predicted octanol–water partition coefficient (Wildman–Crippen LogP) is 3.63. The van der Waals surface area contributed by atoms with Gasteiger partial charge in [-0.25, -0.2) is 0 Å². The van der Waals surface area contributed by atoms with Crippen LogP contribution in [0.2, 0.25) is 0 Å². The summed E-state index contributed by atoms with van der Waals surface area (Å²) in [5.74, 6) is 0.743. The van der Waals surface area contributed by atoms with Gasteiger partial charge in [0.15, 0.2) is 11.5 Å². The molecule has 3 aromatic rings. The highest BCUT2D eigenvalue weighted by Gasteiger charge is 2.17. The van der Waals surface area contributed by atoms with Gasteiger partial charge < -0.3 is 19.7 Å². The molecule has 1 aromatic heterocycles. The maximum absolute atomic E-state index is 12.5. The first-order chi connectivity index (χ1) is 14.0. The molecule has 1 heterocycles. The van der Waals surface area contributed by atoms with Gasteiger partial charge in [0, 0.05) is 43.2 Å². The summed E-state index contributed by atoms with van der Waals surface area (Å²) in [5.41, 5.74) is 2.01. The number of hydrogen-bond acceptors (Lipinski definition) is 5. The van der Waals surface area contributed by atoms with Crippen molar-refractivity contribution in [2.45, 2.75) is 13.3 Å². The van der Waals surface area contributed by atoms with Crippen molar-refractivity contribution in [1.82, 2.24) is 4.98 Å². The van der Waals surface area contributed by atoms with Gasteiger partial charge in [0.05, 0.1) is 25.4 Å². The number of benzene rings is 2. The smallest absolute Gasteiger partial charge is 0.226 e. The second kappa shape index (κ2) is 9.05. The summed E-state index contributed by atoms with van der Waals surface area (Å²) in [5, 5.41) is 3.76. The second-order valence-electron chi connectivity index (χ2n) is 6.39. The van der Waals surface area contributed by atoms with Crippen LogP contribution in [0.5, 0.6) is 11.5 Å². The predicted molar refractivity (Wildman–Crippen MR) is 113 cm³/mol. The van der Waals surface area contributed by atoms with Gasteiger partial charge in [-0.15, -0.1) is 0 Å². The summed E-state index contributed by atoms with van der Waals surface area (Å²) in [6.45, 7) is 1.72. The van der Waals surface area contributed by atoms with Crippen LogP contribution in [0.3, 0.4) is 0 Å². The number of hydrogen-bond donors (Lipinski definition) is 1. The van der Waals surface area contributed by atoms with E-state index in [0.29, 0.717) is 22.9 Å². The van der Waals surface area contributed by atoms with Gasteiger partial charge in [-0.2, -0.15) is 0 Å². The van der Waals surface area contributed by atoms with Crippen molar-refractivity contribution >= 4 is 34.1 Å². The highest BCUT2D eigenvalue weighted by atomic mass is 16.5. The zero-order valence-corrected chi connectivity index (χ0v) is 16.6. The zero-order chi connectivity index (χ0) is 20.8. The van der Waals surface area contributed by atoms with Crippen molar-refractivity contribution in [3.8, 4) is 11.5 Å². The molecule has 2 aromatic carbocycles. The summed E-state index contributed by atoms with van der Waals surface area (Å²) in [6, 6.07) is 14.6. The van der Waals surface area contributed by atoms with E-state index in [1.807, 2.05) is 30.3 Å². The van der Waals surface area contributed by atoms with E-state index in [1.54, 1.807) is 36.4 Å². The molecule has 29 heavy (non-hydrogen) atoms. The largest absolute Gasteiger partial charge is 0.493 e. The molecule has 0 radical (unpaired) electrons. The Morgan fingerprint density at radius 3 is 2.52 bits per heavy atom. The number of para-hydroxylation sites is 1. The molecule has 150 valence electrons. The van der Waals surface area contributed by atoms with E-state index in [9.17, 15) is 9.59 Å². The van der Waals surface area contributed by atoms with Crippen LogP contribution in [0.1, 0.15) is 13.3 Å². The van der Waals surface area contributed by atoms with E-state index < -0.39 is 0 Å². The first-order valence-corrected chi connectivity index (χ1v) is 9.17. The molecule has 0 unspecified atom stereocenters. The molecule has 0 aliphatic heterocycles. The number of ether oxygens (including phenoxy) is 2. The van der Waals surface area contributed by atoms with Crippen LogP contribution in [0, 0.1) is 0 Å². The van der Waals surface area contributed by atoms with Gasteiger partial charge >= 0.3 is 0 Å². The minimum atomic E-state index is -0.211. The second-order valence-corrected chi connectivity index (χ2v) is 6.39. The first kappa shape index (κ1) is 20.1. The van der Waals surface area contributed by atoms with Crippen LogP contribution in [0.15, 0.2) is 54.7 Å². The number of carbonyl (C=O) groups is 2. The number of amides is 2. The van der Waals surface area contributed by atoms with Crippen molar-refractivity contribution in [2.75, 3.05) is 31.0 Å². The SMILES string of the molecule is COc1ccc(NC(=O)CCN(C(C)=O)c2cccc3cccnc23)cc1OC. The number of methoxy groups -OCH3 is 2. The van der Waals surface area contributed by atoms with Gasteiger partial charge in [-0.3, -0.25) is 14.6 Å². The molecular formula is C22H23N3O4. The molecular weight excluding hydrogens is 370 g/mol. The van der Waals surface area contributed by atoms with E-state index in [0.717, 1.165) is 10.9 Å². The molecule has 0 atom stereocenters. The quantitative estimate of drug-likeness (QED) is 0.663. The number of rotatable bonds is 7. The zero-order valence-electron chi connectivity index (χ0n) is 16.6. The lowest BCUT2D eigenvalue weighted by Crippen LogP contribution is -2.32. The van der Waals surface area contributed by atoms with E-state index in [4.69, 9.17) is 9.47 Å². The van der Waals surface area contributed by atoms with E-state index in [1.165, 1.54) is 14.0 Å². The van der Waals surface area contributed by atoms with Crippen LogP contribution in [0.4, 0.5) is 11.4 Å². The third-order valence-electron chi connectivity index (χ3n) is 4.51. The minimum Gasteiger partial charge on any atom is -0.493 e.